The zero-order chi connectivity index (χ0) is 19.6. The van der Waals surface area contributed by atoms with E-state index in [0.717, 1.165) is 21.8 Å². The van der Waals surface area contributed by atoms with Crippen molar-refractivity contribution in [1.82, 2.24) is 15.2 Å². The molecule has 0 aliphatic carbocycles. The standard InChI is InChI=1S/C18H16F2N4O2S/c1-11(17(26)24-10-18(19,20)7-13(24)8-21)23-15(25)14-9-22-16(27-14)12-5-3-2-4-6-12/h2-6,9,11,13H,7,10H2,1H3,(H,23,25)/t11-,13+/m1/s1. The van der Waals surface area contributed by atoms with Crippen LogP contribution >= 0.6 is 11.3 Å². The third-order valence-corrected chi connectivity index (χ3v) is 5.22. The van der Waals surface area contributed by atoms with Crippen molar-refractivity contribution in [3.05, 3.63) is 41.4 Å². The normalized spacial score (nSPS) is 19.3. The second kappa shape index (κ2) is 7.40. The first-order valence-corrected chi connectivity index (χ1v) is 9.02. The van der Waals surface area contributed by atoms with Crippen molar-refractivity contribution in [2.45, 2.75) is 31.4 Å². The number of thiazole rings is 1. The summed E-state index contributed by atoms with van der Waals surface area (Å²) in [6, 6.07) is 8.79. The van der Waals surface area contributed by atoms with E-state index in [1.165, 1.54) is 13.1 Å². The lowest BCUT2D eigenvalue weighted by molar-refractivity contribution is -0.134. The number of nitrogens with one attached hydrogen (secondary N) is 1. The molecule has 0 saturated carbocycles. The fourth-order valence-electron chi connectivity index (χ4n) is 2.84. The number of hydrogen-bond donors (Lipinski definition) is 1. The lowest BCUT2D eigenvalue weighted by Crippen LogP contribution is -2.48. The molecule has 0 radical (unpaired) electrons. The fraction of sp³-hybridized carbons (Fsp3) is 0.333. The molecular formula is C18H16F2N4O2S. The van der Waals surface area contributed by atoms with Gasteiger partial charge < -0.3 is 10.2 Å². The van der Waals surface area contributed by atoms with Crippen LogP contribution in [0.3, 0.4) is 0 Å². The minimum absolute atomic E-state index is 0.303. The summed E-state index contributed by atoms with van der Waals surface area (Å²) < 4.78 is 27.0. The second-order valence-electron chi connectivity index (χ2n) is 6.26. The second-order valence-corrected chi connectivity index (χ2v) is 7.29. The van der Waals surface area contributed by atoms with Gasteiger partial charge in [-0.25, -0.2) is 13.8 Å². The molecule has 1 aliphatic rings. The molecule has 9 heteroatoms. The molecule has 27 heavy (non-hydrogen) atoms. The van der Waals surface area contributed by atoms with Gasteiger partial charge in [-0.15, -0.1) is 11.3 Å². The van der Waals surface area contributed by atoms with Gasteiger partial charge in [-0.2, -0.15) is 5.26 Å². The molecule has 3 rings (SSSR count). The molecule has 6 nitrogen and oxygen atoms in total. The molecule has 1 saturated heterocycles. The van der Waals surface area contributed by atoms with Crippen molar-refractivity contribution in [2.75, 3.05) is 6.54 Å². The Hall–Kier alpha value is -2.86. The van der Waals surface area contributed by atoms with Gasteiger partial charge in [0.25, 0.3) is 11.8 Å². The van der Waals surface area contributed by atoms with Gasteiger partial charge in [-0.1, -0.05) is 30.3 Å². The number of carbonyl (C=O) groups is 2. The number of carbonyl (C=O) groups excluding carboxylic acids is 2. The summed E-state index contributed by atoms with van der Waals surface area (Å²) in [5, 5.41) is 12.2. The van der Waals surface area contributed by atoms with Gasteiger partial charge in [0.05, 0.1) is 18.8 Å². The van der Waals surface area contributed by atoms with E-state index in [4.69, 9.17) is 5.26 Å². The van der Waals surface area contributed by atoms with Crippen LogP contribution in [-0.2, 0) is 4.79 Å². The number of aromatic nitrogens is 1. The van der Waals surface area contributed by atoms with Crippen LogP contribution in [0, 0.1) is 11.3 Å². The van der Waals surface area contributed by atoms with Gasteiger partial charge in [0, 0.05) is 12.0 Å². The Morgan fingerprint density at radius 3 is 2.78 bits per heavy atom. The van der Waals surface area contributed by atoms with Crippen molar-refractivity contribution in [3.8, 4) is 16.6 Å². The van der Waals surface area contributed by atoms with Crippen molar-refractivity contribution in [2.24, 2.45) is 0 Å². The smallest absolute Gasteiger partial charge is 0.268 e. The average Bonchev–Trinajstić information content (AvgIpc) is 3.26. The van der Waals surface area contributed by atoms with Crippen molar-refractivity contribution >= 4 is 23.2 Å². The molecular weight excluding hydrogens is 374 g/mol. The first-order chi connectivity index (χ1) is 12.8. The summed E-state index contributed by atoms with van der Waals surface area (Å²) >= 11 is 1.16. The van der Waals surface area contributed by atoms with E-state index >= 15 is 0 Å². The minimum atomic E-state index is -3.10. The van der Waals surface area contributed by atoms with Crippen LogP contribution in [0.25, 0.3) is 10.6 Å². The number of nitrogens with zero attached hydrogens (tertiary/aromatic N) is 3. The Labute approximate surface area is 158 Å². The molecule has 2 atom stereocenters. The maximum Gasteiger partial charge on any atom is 0.268 e. The number of alkyl halides is 2. The van der Waals surface area contributed by atoms with Gasteiger partial charge in [-0.05, 0) is 6.92 Å². The summed E-state index contributed by atoms with van der Waals surface area (Å²) in [7, 11) is 0. The summed E-state index contributed by atoms with van der Waals surface area (Å²) in [4.78, 5) is 30.1. The molecule has 140 valence electrons. The minimum Gasteiger partial charge on any atom is -0.340 e. The maximum atomic E-state index is 13.5. The van der Waals surface area contributed by atoms with Gasteiger partial charge >= 0.3 is 0 Å². The molecule has 2 heterocycles. The highest BCUT2D eigenvalue weighted by Crippen LogP contribution is 2.32. The van der Waals surface area contributed by atoms with Crippen LogP contribution in [-0.4, -0.2) is 46.2 Å². The van der Waals surface area contributed by atoms with E-state index in [1.54, 1.807) is 6.07 Å². The first-order valence-electron chi connectivity index (χ1n) is 8.21. The molecule has 1 aromatic carbocycles. The number of likely N-dealkylation sites (tertiary alicyclic amines) is 1. The lowest BCUT2D eigenvalue weighted by atomic mass is 10.2. The van der Waals surface area contributed by atoms with Crippen LogP contribution in [0.5, 0.6) is 0 Å². The maximum absolute atomic E-state index is 13.5. The zero-order valence-corrected chi connectivity index (χ0v) is 15.2. The van der Waals surface area contributed by atoms with E-state index in [9.17, 15) is 18.4 Å². The highest BCUT2D eigenvalue weighted by Gasteiger charge is 2.48. The van der Waals surface area contributed by atoms with Gasteiger partial charge in [0.1, 0.15) is 22.0 Å². The highest BCUT2D eigenvalue weighted by atomic mass is 32.1. The van der Waals surface area contributed by atoms with E-state index < -0.39 is 42.8 Å². The van der Waals surface area contributed by atoms with E-state index in [1.807, 2.05) is 30.3 Å². The van der Waals surface area contributed by atoms with E-state index in [-0.39, 0.29) is 0 Å². The van der Waals surface area contributed by atoms with Crippen LogP contribution in [0.4, 0.5) is 8.78 Å². The Morgan fingerprint density at radius 1 is 1.41 bits per heavy atom. The lowest BCUT2D eigenvalue weighted by Gasteiger charge is -2.23. The topological polar surface area (TPSA) is 86.1 Å². The molecule has 1 aromatic heterocycles. The summed E-state index contributed by atoms with van der Waals surface area (Å²) in [6.07, 6.45) is 0.715. The van der Waals surface area contributed by atoms with Crippen LogP contribution < -0.4 is 5.32 Å². The first kappa shape index (κ1) is 18.9. The monoisotopic (exact) mass is 390 g/mol. The number of benzene rings is 1. The predicted octanol–water partition coefficient (Wildman–Crippen LogP) is 2.69. The average molecular weight is 390 g/mol. The number of halogens is 2. The predicted molar refractivity (Wildman–Crippen MR) is 95.2 cm³/mol. The summed E-state index contributed by atoms with van der Waals surface area (Å²) in [6.45, 7) is 0.591. The Kier molecular flexibility index (Phi) is 5.19. The third kappa shape index (κ3) is 4.11. The zero-order valence-electron chi connectivity index (χ0n) is 14.4. The largest absolute Gasteiger partial charge is 0.340 e. The van der Waals surface area contributed by atoms with Crippen LogP contribution in [0.15, 0.2) is 36.5 Å². The molecule has 0 bridgehead atoms. The Bertz CT molecular complexity index is 894. The molecule has 0 unspecified atom stereocenters. The number of amides is 2. The third-order valence-electron chi connectivity index (χ3n) is 4.17. The number of hydrogen-bond acceptors (Lipinski definition) is 5. The van der Waals surface area contributed by atoms with Crippen LogP contribution in [0.1, 0.15) is 23.0 Å². The Balaban J connectivity index is 1.67. The van der Waals surface area contributed by atoms with Gasteiger partial charge in [-0.3, -0.25) is 9.59 Å². The Morgan fingerprint density at radius 2 is 2.11 bits per heavy atom. The van der Waals surface area contributed by atoms with Gasteiger partial charge in [0.2, 0.25) is 5.91 Å². The molecule has 2 aromatic rings. The molecule has 1 aliphatic heterocycles. The van der Waals surface area contributed by atoms with Gasteiger partial charge in [0.15, 0.2) is 0 Å². The molecule has 2 amide bonds. The van der Waals surface area contributed by atoms with E-state index in [2.05, 4.69) is 10.3 Å². The van der Waals surface area contributed by atoms with Crippen LogP contribution in [0.2, 0.25) is 0 Å². The number of nitriles is 1. The SMILES string of the molecule is C[C@@H](NC(=O)c1cnc(-c2ccccc2)s1)C(=O)N1CC(F)(F)C[C@H]1C#N. The van der Waals surface area contributed by atoms with Crippen molar-refractivity contribution in [3.63, 3.8) is 0 Å². The summed E-state index contributed by atoms with van der Waals surface area (Å²) in [5.74, 6) is -4.32. The van der Waals surface area contributed by atoms with Crippen molar-refractivity contribution in [1.29, 1.82) is 5.26 Å². The number of rotatable bonds is 4. The summed E-state index contributed by atoms with van der Waals surface area (Å²) in [5.41, 5.74) is 0.863. The van der Waals surface area contributed by atoms with Crippen molar-refractivity contribution < 1.29 is 18.4 Å². The fourth-order valence-corrected chi connectivity index (χ4v) is 3.66. The molecule has 0 spiro atoms. The molecule has 1 N–H and O–H groups in total. The van der Waals surface area contributed by atoms with E-state index in [0.29, 0.717) is 9.88 Å². The highest BCUT2D eigenvalue weighted by molar-refractivity contribution is 7.16. The quantitative estimate of drug-likeness (QED) is 0.870. The molecule has 1 fully saturated rings.